The molecular formula is C70H136O17P2. The second-order valence-electron chi connectivity index (χ2n) is 26.2. The molecule has 0 aromatic rings. The molecule has 0 aliphatic rings. The zero-order chi connectivity index (χ0) is 65.7. The quantitative estimate of drug-likeness (QED) is 0.0222. The Balaban J connectivity index is 5.20. The van der Waals surface area contributed by atoms with Crippen LogP contribution in [0.25, 0.3) is 0 Å². The number of rotatable bonds is 69. The van der Waals surface area contributed by atoms with Crippen molar-refractivity contribution in [2.75, 3.05) is 39.6 Å². The molecule has 0 rings (SSSR count). The van der Waals surface area contributed by atoms with E-state index in [0.717, 1.165) is 108 Å². The van der Waals surface area contributed by atoms with Crippen LogP contribution in [0.5, 0.6) is 0 Å². The first-order valence-corrected chi connectivity index (χ1v) is 39.5. The van der Waals surface area contributed by atoms with Gasteiger partial charge in [-0.05, 0) is 37.5 Å². The fraction of sp³-hybridized carbons (Fsp3) is 0.943. The molecule has 0 saturated heterocycles. The highest BCUT2D eigenvalue weighted by atomic mass is 31.2. The smallest absolute Gasteiger partial charge is 0.462 e. The number of hydrogen-bond acceptors (Lipinski definition) is 15. The SMILES string of the molecule is CCCCCCCCCCCC(=O)O[C@H](COC(=O)CCCCCCCCCC)COP(=O)(O)OC[C@H](O)COP(=O)(O)OC[C@@H](COC(=O)CCCCCCCCCCCCCCC(C)C)OC(=O)CCCCCCCCCCCCCCCCC(C)C. The van der Waals surface area contributed by atoms with Gasteiger partial charge in [0.05, 0.1) is 26.4 Å². The molecule has 17 nitrogen and oxygen atoms in total. The summed E-state index contributed by atoms with van der Waals surface area (Å²) in [5, 5.41) is 10.6. The van der Waals surface area contributed by atoms with E-state index < -0.39 is 97.5 Å². The molecule has 2 unspecified atom stereocenters. The number of hydrogen-bond donors (Lipinski definition) is 3. The van der Waals surface area contributed by atoms with E-state index >= 15 is 0 Å². The molecule has 0 aliphatic heterocycles. The van der Waals surface area contributed by atoms with Crippen LogP contribution < -0.4 is 0 Å². The molecule has 528 valence electrons. The summed E-state index contributed by atoms with van der Waals surface area (Å²) >= 11 is 0. The summed E-state index contributed by atoms with van der Waals surface area (Å²) in [5.74, 6) is -0.550. The standard InChI is InChI=1S/C70H136O17P2/c1-7-9-11-13-15-27-36-42-48-54-69(74)86-65(58-80-67(72)52-46-40-34-16-14-12-10-8-2)60-84-88(76,77)82-56-64(71)57-83-89(78,79)85-61-66(59-81-68(73)53-47-41-35-30-25-22-21-24-29-33-39-45-51-63(5)6)87-70(75)55-49-43-37-31-26-20-18-17-19-23-28-32-38-44-50-62(3)4/h62-66,71H,7-61H2,1-6H3,(H,76,77)(H,78,79)/t64-,65+,66+/m0/s1. The predicted molar refractivity (Wildman–Crippen MR) is 358 cm³/mol. The Labute approximate surface area is 543 Å². The van der Waals surface area contributed by atoms with Crippen LogP contribution in [0, 0.1) is 11.8 Å². The monoisotopic (exact) mass is 1310 g/mol. The summed E-state index contributed by atoms with van der Waals surface area (Å²) in [6.07, 6.45) is 47.2. The first-order chi connectivity index (χ1) is 42.9. The highest BCUT2D eigenvalue weighted by Crippen LogP contribution is 2.45. The van der Waals surface area contributed by atoms with Crippen LogP contribution in [0.2, 0.25) is 0 Å². The van der Waals surface area contributed by atoms with Gasteiger partial charge >= 0.3 is 39.5 Å². The predicted octanol–water partition coefficient (Wildman–Crippen LogP) is 20.0. The van der Waals surface area contributed by atoms with E-state index in [1.165, 1.54) is 167 Å². The van der Waals surface area contributed by atoms with Gasteiger partial charge < -0.3 is 33.8 Å². The van der Waals surface area contributed by atoms with Crippen molar-refractivity contribution in [1.29, 1.82) is 0 Å². The molecule has 0 spiro atoms. The molecule has 89 heavy (non-hydrogen) atoms. The minimum atomic E-state index is -4.95. The van der Waals surface area contributed by atoms with E-state index in [1.54, 1.807) is 0 Å². The average Bonchev–Trinajstić information content (AvgIpc) is 3.62. The first kappa shape index (κ1) is 87.1. The van der Waals surface area contributed by atoms with Crippen LogP contribution in [0.3, 0.4) is 0 Å². The third-order valence-electron chi connectivity index (χ3n) is 16.2. The Kier molecular flexibility index (Phi) is 60.8. The Morgan fingerprint density at radius 2 is 0.517 bits per heavy atom. The lowest BCUT2D eigenvalue weighted by Gasteiger charge is -2.21. The van der Waals surface area contributed by atoms with Gasteiger partial charge in [0, 0.05) is 25.7 Å². The van der Waals surface area contributed by atoms with Crippen LogP contribution in [0.1, 0.15) is 356 Å². The number of aliphatic hydroxyl groups is 1. The summed E-state index contributed by atoms with van der Waals surface area (Å²) in [6, 6.07) is 0. The number of ether oxygens (including phenoxy) is 4. The fourth-order valence-corrected chi connectivity index (χ4v) is 12.2. The van der Waals surface area contributed by atoms with Crippen molar-refractivity contribution in [3.05, 3.63) is 0 Å². The Bertz CT molecular complexity index is 1730. The number of carbonyl (C=O) groups excluding carboxylic acids is 4. The van der Waals surface area contributed by atoms with Crippen molar-refractivity contribution in [1.82, 2.24) is 0 Å². The van der Waals surface area contributed by atoms with Gasteiger partial charge in [0.1, 0.15) is 19.3 Å². The highest BCUT2D eigenvalue weighted by Gasteiger charge is 2.30. The molecular weight excluding hydrogens is 1170 g/mol. The largest absolute Gasteiger partial charge is 0.472 e. The topological polar surface area (TPSA) is 237 Å². The van der Waals surface area contributed by atoms with E-state index in [4.69, 9.17) is 37.0 Å². The van der Waals surface area contributed by atoms with Crippen molar-refractivity contribution < 1.29 is 80.2 Å². The lowest BCUT2D eigenvalue weighted by molar-refractivity contribution is -0.161. The fourth-order valence-electron chi connectivity index (χ4n) is 10.6. The molecule has 19 heteroatoms. The van der Waals surface area contributed by atoms with Gasteiger partial charge in [-0.1, -0.05) is 305 Å². The number of phosphoric ester groups is 2. The Morgan fingerprint density at radius 3 is 0.764 bits per heavy atom. The van der Waals surface area contributed by atoms with E-state index in [-0.39, 0.29) is 25.7 Å². The summed E-state index contributed by atoms with van der Waals surface area (Å²) in [6.45, 7) is 9.54. The summed E-state index contributed by atoms with van der Waals surface area (Å²) < 4.78 is 68.2. The second kappa shape index (κ2) is 62.2. The van der Waals surface area contributed by atoms with Crippen LogP contribution in [0.15, 0.2) is 0 Å². The number of unbranched alkanes of at least 4 members (excludes halogenated alkanes) is 39. The van der Waals surface area contributed by atoms with Gasteiger partial charge in [0.2, 0.25) is 0 Å². The first-order valence-electron chi connectivity index (χ1n) is 36.5. The molecule has 0 aromatic carbocycles. The number of esters is 4. The normalized spacial score (nSPS) is 14.1. The van der Waals surface area contributed by atoms with Crippen LogP contribution in [-0.4, -0.2) is 96.7 Å². The highest BCUT2D eigenvalue weighted by molar-refractivity contribution is 7.47. The number of carbonyl (C=O) groups is 4. The lowest BCUT2D eigenvalue weighted by atomic mass is 10.0. The lowest BCUT2D eigenvalue weighted by Crippen LogP contribution is -2.30. The third kappa shape index (κ3) is 64.6. The maximum atomic E-state index is 13.0. The molecule has 0 aliphatic carbocycles. The molecule has 0 radical (unpaired) electrons. The van der Waals surface area contributed by atoms with Crippen molar-refractivity contribution in [3.8, 4) is 0 Å². The Morgan fingerprint density at radius 1 is 0.303 bits per heavy atom. The summed E-state index contributed by atoms with van der Waals surface area (Å²) in [7, 11) is -9.89. The van der Waals surface area contributed by atoms with Gasteiger partial charge in [-0.3, -0.25) is 37.3 Å². The molecule has 0 fully saturated rings. The molecule has 0 saturated carbocycles. The van der Waals surface area contributed by atoms with E-state index in [9.17, 15) is 43.2 Å². The summed E-state index contributed by atoms with van der Waals surface area (Å²) in [4.78, 5) is 72.4. The Hall–Kier alpha value is -1.94. The minimum absolute atomic E-state index is 0.106. The van der Waals surface area contributed by atoms with Gasteiger partial charge in [0.15, 0.2) is 12.2 Å². The molecule has 0 heterocycles. The summed E-state index contributed by atoms with van der Waals surface area (Å²) in [5.41, 5.74) is 0. The average molecular weight is 1310 g/mol. The minimum Gasteiger partial charge on any atom is -0.462 e. The van der Waals surface area contributed by atoms with Crippen molar-refractivity contribution in [3.63, 3.8) is 0 Å². The molecule has 0 aromatic heterocycles. The zero-order valence-electron chi connectivity index (χ0n) is 57.7. The third-order valence-corrected chi connectivity index (χ3v) is 18.1. The zero-order valence-corrected chi connectivity index (χ0v) is 59.5. The molecule has 0 amide bonds. The van der Waals surface area contributed by atoms with Gasteiger partial charge in [0.25, 0.3) is 0 Å². The van der Waals surface area contributed by atoms with Crippen molar-refractivity contribution >= 4 is 39.5 Å². The molecule has 5 atom stereocenters. The van der Waals surface area contributed by atoms with Crippen LogP contribution in [-0.2, 0) is 65.4 Å². The van der Waals surface area contributed by atoms with E-state index in [0.29, 0.717) is 25.7 Å². The molecule has 0 bridgehead atoms. The van der Waals surface area contributed by atoms with Gasteiger partial charge in [-0.25, -0.2) is 9.13 Å². The maximum absolute atomic E-state index is 13.0. The van der Waals surface area contributed by atoms with Gasteiger partial charge in [-0.15, -0.1) is 0 Å². The number of aliphatic hydroxyl groups excluding tert-OH is 1. The van der Waals surface area contributed by atoms with E-state index in [2.05, 4.69) is 41.5 Å². The number of phosphoric acid groups is 2. The second-order valence-corrected chi connectivity index (χ2v) is 29.1. The maximum Gasteiger partial charge on any atom is 0.472 e. The van der Waals surface area contributed by atoms with Crippen molar-refractivity contribution in [2.45, 2.75) is 374 Å². The van der Waals surface area contributed by atoms with Crippen LogP contribution in [0.4, 0.5) is 0 Å². The van der Waals surface area contributed by atoms with E-state index in [1.807, 2.05) is 0 Å². The van der Waals surface area contributed by atoms with Gasteiger partial charge in [-0.2, -0.15) is 0 Å². The van der Waals surface area contributed by atoms with Crippen molar-refractivity contribution in [2.24, 2.45) is 11.8 Å². The van der Waals surface area contributed by atoms with Crippen LogP contribution >= 0.6 is 15.6 Å². The molecule has 3 N–H and O–H groups in total.